The quantitative estimate of drug-likeness (QED) is 0.338. The first kappa shape index (κ1) is 31.7. The summed E-state index contributed by atoms with van der Waals surface area (Å²) in [5.74, 6) is -1.21. The summed E-state index contributed by atoms with van der Waals surface area (Å²) >= 11 is 0. The van der Waals surface area contributed by atoms with Crippen LogP contribution in [0.25, 0.3) is 12.2 Å². The van der Waals surface area contributed by atoms with Gasteiger partial charge in [0.25, 0.3) is 11.8 Å². The van der Waals surface area contributed by atoms with E-state index < -0.39 is 5.97 Å². The Bertz CT molecular complexity index is 1740. The van der Waals surface area contributed by atoms with Gasteiger partial charge >= 0.3 is 11.9 Å². The number of ether oxygens (including phenoxy) is 2. The zero-order valence-electron chi connectivity index (χ0n) is 25.8. The zero-order chi connectivity index (χ0) is 32.3. The fourth-order valence-corrected chi connectivity index (χ4v) is 5.31. The van der Waals surface area contributed by atoms with Crippen LogP contribution in [-0.4, -0.2) is 48.7 Å². The van der Waals surface area contributed by atoms with Crippen LogP contribution in [0, 0.1) is 6.92 Å². The Balaban J connectivity index is 1.86. The van der Waals surface area contributed by atoms with Crippen LogP contribution < -0.4 is 10.6 Å². The molecule has 0 saturated heterocycles. The molecule has 0 unspecified atom stereocenters. The number of H-pyrrole nitrogens is 1. The molecule has 0 aromatic carbocycles. The van der Waals surface area contributed by atoms with Gasteiger partial charge in [-0.2, -0.15) is 0 Å². The Hall–Kier alpha value is -5.25. The van der Waals surface area contributed by atoms with Crippen LogP contribution >= 0.6 is 0 Å². The molecule has 0 saturated carbocycles. The van der Waals surface area contributed by atoms with Crippen LogP contribution in [0.15, 0.2) is 86.9 Å². The minimum Gasteiger partial charge on any atom is -0.469 e. The van der Waals surface area contributed by atoms with E-state index in [0.29, 0.717) is 62.9 Å². The highest BCUT2D eigenvalue weighted by Gasteiger charge is 2.27. The van der Waals surface area contributed by atoms with E-state index >= 15 is 0 Å². The number of aliphatic imine (C=N–C) groups is 1. The van der Waals surface area contributed by atoms with E-state index in [2.05, 4.69) is 28.8 Å². The molecule has 10 nitrogen and oxygen atoms in total. The van der Waals surface area contributed by atoms with E-state index in [-0.39, 0.29) is 30.6 Å². The fourth-order valence-electron chi connectivity index (χ4n) is 5.31. The van der Waals surface area contributed by atoms with E-state index in [1.165, 1.54) is 20.3 Å². The molecule has 1 aromatic rings. The lowest BCUT2D eigenvalue weighted by molar-refractivity contribution is -0.141. The molecule has 4 rings (SSSR count). The third-order valence-corrected chi connectivity index (χ3v) is 8.04. The largest absolute Gasteiger partial charge is 0.469 e. The summed E-state index contributed by atoms with van der Waals surface area (Å²) < 4.78 is 9.85. The molecule has 10 heteroatoms. The highest BCUT2D eigenvalue weighted by molar-refractivity contribution is 6.14. The van der Waals surface area contributed by atoms with Crippen molar-refractivity contribution in [2.75, 3.05) is 14.2 Å². The van der Waals surface area contributed by atoms with Gasteiger partial charge in [-0.25, -0.2) is 4.99 Å². The second-order valence-corrected chi connectivity index (χ2v) is 10.5. The predicted octanol–water partition coefficient (Wildman–Crippen LogP) is 4.59. The van der Waals surface area contributed by atoms with Crippen molar-refractivity contribution in [2.45, 2.75) is 47.0 Å². The number of carbonyl (C=O) groups excluding carboxylic acids is 4. The van der Waals surface area contributed by atoms with E-state index in [1.807, 2.05) is 32.9 Å². The van der Waals surface area contributed by atoms with E-state index in [9.17, 15) is 19.2 Å². The number of esters is 2. The third kappa shape index (κ3) is 6.10. The number of nitrogens with one attached hydrogen (secondary N) is 3. The summed E-state index contributed by atoms with van der Waals surface area (Å²) in [6, 6.07) is 0. The highest BCUT2D eigenvalue weighted by atomic mass is 16.5. The van der Waals surface area contributed by atoms with Crippen molar-refractivity contribution in [3.05, 3.63) is 104 Å². The van der Waals surface area contributed by atoms with Gasteiger partial charge < -0.3 is 25.1 Å². The summed E-state index contributed by atoms with van der Waals surface area (Å²) in [7, 11) is 2.67. The number of hydrogen-bond acceptors (Lipinski definition) is 7. The van der Waals surface area contributed by atoms with Crippen molar-refractivity contribution in [3.63, 3.8) is 0 Å². The lowest BCUT2D eigenvalue weighted by Gasteiger charge is -2.07. The number of rotatable bonds is 10. The van der Waals surface area contributed by atoms with Crippen LogP contribution in [0.3, 0.4) is 0 Å². The second-order valence-electron chi connectivity index (χ2n) is 10.5. The maximum absolute atomic E-state index is 12.4. The van der Waals surface area contributed by atoms with Crippen molar-refractivity contribution in [1.29, 1.82) is 0 Å². The minimum absolute atomic E-state index is 0.000180. The van der Waals surface area contributed by atoms with Gasteiger partial charge in [0.15, 0.2) is 0 Å². The van der Waals surface area contributed by atoms with Crippen molar-refractivity contribution in [3.8, 4) is 0 Å². The summed E-state index contributed by atoms with van der Waals surface area (Å²) in [5, 5.41) is 5.73. The van der Waals surface area contributed by atoms with Gasteiger partial charge in [0.2, 0.25) is 0 Å². The molecule has 44 heavy (non-hydrogen) atoms. The van der Waals surface area contributed by atoms with Crippen molar-refractivity contribution < 1.29 is 28.7 Å². The summed E-state index contributed by atoms with van der Waals surface area (Å²) in [6.45, 7) is 14.9. The SMILES string of the molecule is C=CC1=C(C)/C(=C/c2[nH]c(/C=C3N=C(/C=C4\NC(=O)C(C)=C4C=C)C(C)=C\3CCC(=O)OC)c(CC(=O)OC)c2C)NC1=O. The number of aromatic amines is 1. The van der Waals surface area contributed by atoms with E-state index in [1.54, 1.807) is 19.1 Å². The molecule has 1 aromatic heterocycles. The fraction of sp³-hybridized carbons (Fsp3) is 0.265. The molecule has 2 amide bonds. The molecule has 0 bridgehead atoms. The number of carbonyl (C=O) groups is 4. The highest BCUT2D eigenvalue weighted by Crippen LogP contribution is 2.35. The van der Waals surface area contributed by atoms with Gasteiger partial charge in [-0.1, -0.05) is 25.3 Å². The van der Waals surface area contributed by atoms with Crippen molar-refractivity contribution in [2.24, 2.45) is 4.99 Å². The van der Waals surface area contributed by atoms with E-state index in [4.69, 9.17) is 14.5 Å². The Morgan fingerprint density at radius 2 is 1.45 bits per heavy atom. The molecule has 0 atom stereocenters. The van der Waals surface area contributed by atoms with Gasteiger partial charge in [-0.3, -0.25) is 19.2 Å². The first-order valence-corrected chi connectivity index (χ1v) is 14.0. The smallest absolute Gasteiger partial charge is 0.310 e. The summed E-state index contributed by atoms with van der Waals surface area (Å²) in [4.78, 5) is 57.5. The lowest BCUT2D eigenvalue weighted by atomic mass is 9.98. The number of methoxy groups -OCH3 is 2. The minimum atomic E-state index is -0.417. The normalized spacial score (nSPS) is 19.3. The summed E-state index contributed by atoms with van der Waals surface area (Å²) in [6.07, 6.45) is 9.10. The van der Waals surface area contributed by atoms with Crippen LogP contribution in [0.5, 0.6) is 0 Å². The van der Waals surface area contributed by atoms with Gasteiger partial charge in [-0.05, 0) is 80.2 Å². The van der Waals surface area contributed by atoms with Crippen LogP contribution in [0.2, 0.25) is 0 Å². The molecule has 3 aliphatic rings. The Kier molecular flexibility index (Phi) is 9.32. The zero-order valence-corrected chi connectivity index (χ0v) is 25.8. The molecular formula is C34H36N4O6. The second kappa shape index (κ2) is 12.9. The van der Waals surface area contributed by atoms with Gasteiger partial charge in [0.1, 0.15) is 0 Å². The van der Waals surface area contributed by atoms with Crippen molar-refractivity contribution in [1.82, 2.24) is 15.6 Å². The molecule has 0 radical (unpaired) electrons. The molecule has 228 valence electrons. The first-order chi connectivity index (χ1) is 20.9. The maximum Gasteiger partial charge on any atom is 0.310 e. The van der Waals surface area contributed by atoms with Gasteiger partial charge in [0.05, 0.1) is 37.7 Å². The standard InChI is InChI=1S/C34H36N4O6/c1-9-21-20(6)33(41)38-28(21)15-26-18(4)23(11-12-31(39)43-7)29(35-26)16-30-24(13-32(40)44-8)19(5)25(36-30)14-27-17(3)22(10-2)34(42)37-27/h9-10,14-16,36H,1-2,11-13H2,3-8H3,(H,37,42)(H,38,41)/b27-14-,28-15-,29-16-. The molecule has 0 fully saturated rings. The number of amides is 2. The predicted molar refractivity (Wildman–Crippen MR) is 169 cm³/mol. The van der Waals surface area contributed by atoms with Crippen LogP contribution in [-0.2, 0) is 35.1 Å². The Labute approximate surface area is 256 Å². The topological polar surface area (TPSA) is 139 Å². The third-order valence-electron chi connectivity index (χ3n) is 8.04. The summed E-state index contributed by atoms with van der Waals surface area (Å²) in [5.41, 5.74) is 9.42. The van der Waals surface area contributed by atoms with Crippen LogP contribution in [0.4, 0.5) is 0 Å². The number of allylic oxidation sites excluding steroid dienone is 5. The van der Waals surface area contributed by atoms with Gasteiger partial charge in [-0.15, -0.1) is 0 Å². The number of nitrogens with zero attached hydrogens (tertiary/aromatic N) is 1. The lowest BCUT2D eigenvalue weighted by Crippen LogP contribution is -2.16. The Morgan fingerprint density at radius 3 is 2.07 bits per heavy atom. The molecule has 0 spiro atoms. The number of hydrogen-bond donors (Lipinski definition) is 3. The van der Waals surface area contributed by atoms with E-state index in [0.717, 1.165) is 22.3 Å². The molecular weight excluding hydrogens is 560 g/mol. The van der Waals surface area contributed by atoms with Gasteiger partial charge in [0, 0.05) is 40.2 Å². The maximum atomic E-state index is 12.4. The molecule has 0 aliphatic carbocycles. The molecule has 4 heterocycles. The van der Waals surface area contributed by atoms with Crippen LogP contribution in [0.1, 0.15) is 56.1 Å². The first-order valence-electron chi connectivity index (χ1n) is 14.0. The Morgan fingerprint density at radius 1 is 0.795 bits per heavy atom. The monoisotopic (exact) mass is 596 g/mol. The van der Waals surface area contributed by atoms with Crippen molar-refractivity contribution >= 4 is 41.6 Å². The number of aromatic nitrogens is 1. The molecule has 3 N–H and O–H groups in total. The molecule has 3 aliphatic heterocycles. The average molecular weight is 597 g/mol. The average Bonchev–Trinajstić information content (AvgIpc) is 3.64.